The Bertz CT molecular complexity index is 519. The number of amides is 4. The van der Waals surface area contributed by atoms with E-state index in [1.54, 1.807) is 13.8 Å². The third-order valence-corrected chi connectivity index (χ3v) is 4.21. The predicted octanol–water partition coefficient (Wildman–Crippen LogP) is -1.10. The van der Waals surface area contributed by atoms with Gasteiger partial charge in [-0.1, -0.05) is 13.8 Å². The zero-order valence-corrected chi connectivity index (χ0v) is 15.2. The first-order valence-electron chi connectivity index (χ1n) is 8.82. The molecular weight excluding hydrogens is 342 g/mol. The first-order chi connectivity index (χ1) is 12.2. The van der Waals surface area contributed by atoms with Gasteiger partial charge in [-0.25, -0.2) is 9.59 Å². The molecule has 0 aliphatic carbocycles. The van der Waals surface area contributed by atoms with Crippen molar-refractivity contribution in [3.05, 3.63) is 0 Å². The number of primary amides is 1. The van der Waals surface area contributed by atoms with Gasteiger partial charge in [0.15, 0.2) is 0 Å². The lowest BCUT2D eigenvalue weighted by molar-refractivity contribution is -0.142. The number of aliphatic carboxylic acids is 1. The lowest BCUT2D eigenvalue weighted by Gasteiger charge is -2.25. The van der Waals surface area contributed by atoms with Crippen molar-refractivity contribution in [1.29, 1.82) is 0 Å². The molecule has 1 rings (SSSR count). The van der Waals surface area contributed by atoms with Crippen molar-refractivity contribution in [3.63, 3.8) is 0 Å². The molecule has 7 N–H and O–H groups in total. The summed E-state index contributed by atoms with van der Waals surface area (Å²) in [7, 11) is 0. The van der Waals surface area contributed by atoms with Gasteiger partial charge in [-0.05, 0) is 38.1 Å². The van der Waals surface area contributed by atoms with Gasteiger partial charge >= 0.3 is 12.0 Å². The fourth-order valence-corrected chi connectivity index (χ4v) is 2.73. The predicted molar refractivity (Wildman–Crippen MR) is 94.2 cm³/mol. The summed E-state index contributed by atoms with van der Waals surface area (Å²) < 4.78 is 0. The van der Waals surface area contributed by atoms with Crippen LogP contribution in [-0.4, -0.2) is 60.1 Å². The minimum atomic E-state index is -1.18. The van der Waals surface area contributed by atoms with Crippen LogP contribution < -0.4 is 27.0 Å². The number of hydrogen-bond acceptors (Lipinski definition) is 5. The van der Waals surface area contributed by atoms with E-state index in [1.807, 2.05) is 0 Å². The molecule has 10 nitrogen and oxygen atoms in total. The van der Waals surface area contributed by atoms with Crippen LogP contribution in [-0.2, 0) is 14.4 Å². The first-order valence-corrected chi connectivity index (χ1v) is 8.82. The Morgan fingerprint density at radius 1 is 1.23 bits per heavy atom. The van der Waals surface area contributed by atoms with Gasteiger partial charge in [0.2, 0.25) is 11.8 Å². The second kappa shape index (κ2) is 10.6. The molecule has 0 radical (unpaired) electrons. The molecule has 0 aromatic carbocycles. The van der Waals surface area contributed by atoms with E-state index in [2.05, 4.69) is 21.3 Å². The molecule has 4 amide bonds. The van der Waals surface area contributed by atoms with Crippen LogP contribution in [0, 0.1) is 5.92 Å². The molecule has 1 aliphatic rings. The molecule has 10 heteroatoms. The molecule has 0 saturated carbocycles. The van der Waals surface area contributed by atoms with E-state index in [9.17, 15) is 24.3 Å². The minimum Gasteiger partial charge on any atom is -0.480 e. The summed E-state index contributed by atoms with van der Waals surface area (Å²) in [6, 6.07) is -2.95. The van der Waals surface area contributed by atoms with Crippen LogP contribution >= 0.6 is 0 Å². The second-order valence-corrected chi connectivity index (χ2v) is 6.71. The second-order valence-electron chi connectivity index (χ2n) is 6.71. The molecule has 1 fully saturated rings. The molecule has 148 valence electrons. The molecule has 0 unspecified atom stereocenters. The number of carboxylic acids is 1. The molecular formula is C16H29N5O5. The monoisotopic (exact) mass is 371 g/mol. The summed E-state index contributed by atoms with van der Waals surface area (Å²) in [5.74, 6) is -2.18. The van der Waals surface area contributed by atoms with E-state index in [0.29, 0.717) is 12.8 Å². The van der Waals surface area contributed by atoms with Gasteiger partial charge < -0.3 is 32.1 Å². The average Bonchev–Trinajstić information content (AvgIpc) is 3.08. The topological polar surface area (TPSA) is 163 Å². The van der Waals surface area contributed by atoms with E-state index in [1.165, 1.54) is 0 Å². The highest BCUT2D eigenvalue weighted by atomic mass is 16.4. The third kappa shape index (κ3) is 7.26. The van der Waals surface area contributed by atoms with Gasteiger partial charge in [0.25, 0.3) is 0 Å². The van der Waals surface area contributed by atoms with Crippen molar-refractivity contribution < 1.29 is 24.3 Å². The van der Waals surface area contributed by atoms with Gasteiger partial charge in [0.05, 0.1) is 6.04 Å². The molecule has 3 atom stereocenters. The van der Waals surface area contributed by atoms with E-state index < -0.39 is 30.0 Å². The summed E-state index contributed by atoms with van der Waals surface area (Å²) in [5.41, 5.74) is 4.94. The van der Waals surface area contributed by atoms with Crippen LogP contribution in [0.5, 0.6) is 0 Å². The Kier molecular flexibility index (Phi) is 8.83. The molecule has 26 heavy (non-hydrogen) atoms. The number of carboxylic acid groups (broad SMARTS) is 1. The Labute approximate surface area is 152 Å². The fourth-order valence-electron chi connectivity index (χ4n) is 2.73. The zero-order chi connectivity index (χ0) is 19.7. The highest BCUT2D eigenvalue weighted by molar-refractivity contribution is 5.92. The summed E-state index contributed by atoms with van der Waals surface area (Å²) in [4.78, 5) is 46.7. The Hall–Kier alpha value is -2.36. The van der Waals surface area contributed by atoms with Crippen LogP contribution in [0.15, 0.2) is 0 Å². The van der Waals surface area contributed by atoms with Crippen LogP contribution in [0.3, 0.4) is 0 Å². The van der Waals surface area contributed by atoms with Crippen molar-refractivity contribution in [3.8, 4) is 0 Å². The third-order valence-electron chi connectivity index (χ3n) is 4.21. The molecule has 0 aromatic rings. The summed E-state index contributed by atoms with van der Waals surface area (Å²) in [6.45, 7) is 4.53. The number of carbonyl (C=O) groups excluding carboxylic acids is 3. The minimum absolute atomic E-state index is 0.129. The average molecular weight is 371 g/mol. The molecule has 1 heterocycles. The summed E-state index contributed by atoms with van der Waals surface area (Å²) in [5, 5.41) is 19.9. The number of urea groups is 1. The molecule has 1 aliphatic heterocycles. The first kappa shape index (κ1) is 21.7. The van der Waals surface area contributed by atoms with Crippen molar-refractivity contribution in [2.75, 3.05) is 13.1 Å². The van der Waals surface area contributed by atoms with Crippen molar-refractivity contribution in [1.82, 2.24) is 21.3 Å². The normalized spacial score (nSPS) is 18.8. The SMILES string of the molecule is CC(C)[C@H](NC(=O)[C@@H]1CCCN1)C(=O)N[C@@H](CCCNC(N)=O)C(=O)O. The molecule has 0 bridgehead atoms. The summed E-state index contributed by atoms with van der Waals surface area (Å²) >= 11 is 0. The standard InChI is InChI=1S/C16H29N5O5/c1-9(2)12(21-13(22)10-5-3-7-18-10)14(23)20-11(15(24)25)6-4-8-19-16(17)26/h9-12,18H,3-8H2,1-2H3,(H,20,23)(H,21,22)(H,24,25)(H3,17,19,26)/t10-,11-,12-/m0/s1. The Morgan fingerprint density at radius 3 is 2.42 bits per heavy atom. The Morgan fingerprint density at radius 2 is 1.92 bits per heavy atom. The van der Waals surface area contributed by atoms with Crippen LogP contribution in [0.25, 0.3) is 0 Å². The highest BCUT2D eigenvalue weighted by Crippen LogP contribution is 2.09. The lowest BCUT2D eigenvalue weighted by Crippen LogP contribution is -2.56. The molecule has 1 saturated heterocycles. The number of hydrogen-bond donors (Lipinski definition) is 6. The zero-order valence-electron chi connectivity index (χ0n) is 15.2. The maximum atomic E-state index is 12.5. The van der Waals surface area contributed by atoms with Gasteiger partial charge in [-0.2, -0.15) is 0 Å². The van der Waals surface area contributed by atoms with Gasteiger partial charge in [0.1, 0.15) is 12.1 Å². The van der Waals surface area contributed by atoms with Crippen LogP contribution in [0.1, 0.15) is 39.5 Å². The molecule has 0 spiro atoms. The maximum absolute atomic E-state index is 12.5. The van der Waals surface area contributed by atoms with Crippen LogP contribution in [0.4, 0.5) is 4.79 Å². The van der Waals surface area contributed by atoms with E-state index in [-0.39, 0.29) is 30.8 Å². The van der Waals surface area contributed by atoms with Crippen molar-refractivity contribution in [2.24, 2.45) is 11.7 Å². The number of carbonyl (C=O) groups is 4. The van der Waals surface area contributed by atoms with E-state index in [0.717, 1.165) is 13.0 Å². The van der Waals surface area contributed by atoms with E-state index >= 15 is 0 Å². The van der Waals surface area contributed by atoms with Crippen molar-refractivity contribution >= 4 is 23.8 Å². The molecule has 0 aromatic heterocycles. The fraction of sp³-hybridized carbons (Fsp3) is 0.750. The smallest absolute Gasteiger partial charge is 0.326 e. The summed E-state index contributed by atoms with van der Waals surface area (Å²) in [6.07, 6.45) is 2.08. The van der Waals surface area contributed by atoms with Gasteiger partial charge in [0, 0.05) is 6.54 Å². The number of nitrogens with one attached hydrogen (secondary N) is 4. The van der Waals surface area contributed by atoms with Crippen LogP contribution in [0.2, 0.25) is 0 Å². The largest absolute Gasteiger partial charge is 0.480 e. The van der Waals surface area contributed by atoms with Gasteiger partial charge in [-0.15, -0.1) is 0 Å². The van der Waals surface area contributed by atoms with Gasteiger partial charge in [-0.3, -0.25) is 9.59 Å². The van der Waals surface area contributed by atoms with E-state index in [4.69, 9.17) is 5.73 Å². The Balaban J connectivity index is 2.59. The van der Waals surface area contributed by atoms with Crippen molar-refractivity contribution in [2.45, 2.75) is 57.7 Å². The number of rotatable bonds is 10. The number of nitrogens with two attached hydrogens (primary N) is 1. The highest BCUT2D eigenvalue weighted by Gasteiger charge is 2.31. The maximum Gasteiger partial charge on any atom is 0.326 e. The quantitative estimate of drug-likeness (QED) is 0.267. The lowest BCUT2D eigenvalue weighted by atomic mass is 10.0.